The third-order valence-corrected chi connectivity index (χ3v) is 2.61. The number of nitrogens with one attached hydrogen (secondary N) is 1. The summed E-state index contributed by atoms with van der Waals surface area (Å²) in [7, 11) is 0. The van der Waals surface area contributed by atoms with E-state index in [0.29, 0.717) is 13.1 Å². The van der Waals surface area contributed by atoms with Gasteiger partial charge in [0.15, 0.2) is 0 Å². The van der Waals surface area contributed by atoms with Crippen molar-refractivity contribution in [3.63, 3.8) is 0 Å². The van der Waals surface area contributed by atoms with Crippen molar-refractivity contribution in [1.82, 2.24) is 10.2 Å². The molecule has 0 aromatic carbocycles. The zero-order valence-corrected chi connectivity index (χ0v) is 9.53. The van der Waals surface area contributed by atoms with Crippen molar-refractivity contribution in [2.24, 2.45) is 0 Å². The van der Waals surface area contributed by atoms with Gasteiger partial charge in [-0.2, -0.15) is 0 Å². The molecule has 0 aliphatic carbocycles. The fraction of sp³-hybridized carbons (Fsp3) is 0.900. The van der Waals surface area contributed by atoms with Crippen LogP contribution in [-0.4, -0.2) is 58.4 Å². The summed E-state index contributed by atoms with van der Waals surface area (Å²) in [5.41, 5.74) is -1.37. The van der Waals surface area contributed by atoms with Crippen molar-refractivity contribution in [3.05, 3.63) is 0 Å². The summed E-state index contributed by atoms with van der Waals surface area (Å²) >= 11 is 0. The van der Waals surface area contributed by atoms with Crippen LogP contribution in [0, 0.1) is 0 Å². The van der Waals surface area contributed by atoms with Gasteiger partial charge in [-0.3, -0.25) is 4.79 Å². The highest BCUT2D eigenvalue weighted by Crippen LogP contribution is 2.14. The first-order valence-electron chi connectivity index (χ1n) is 5.24. The van der Waals surface area contributed by atoms with Crippen molar-refractivity contribution >= 4 is 5.91 Å². The fourth-order valence-electron chi connectivity index (χ4n) is 1.72. The van der Waals surface area contributed by atoms with E-state index in [1.165, 1.54) is 13.8 Å². The quantitative estimate of drug-likeness (QED) is 0.550. The van der Waals surface area contributed by atoms with Crippen LogP contribution < -0.4 is 5.32 Å². The lowest BCUT2D eigenvalue weighted by molar-refractivity contribution is -0.153. The number of rotatable bonds is 2. The molecule has 3 N–H and O–H groups in total. The normalized spacial score (nSPS) is 27.9. The summed E-state index contributed by atoms with van der Waals surface area (Å²) in [4.78, 5) is 13.4. The molecule has 1 aliphatic rings. The van der Waals surface area contributed by atoms with E-state index in [0.717, 1.165) is 0 Å². The molecule has 0 aromatic heterocycles. The average molecular weight is 216 g/mol. The number of hydrogen-bond acceptors (Lipinski definition) is 4. The number of aliphatic hydroxyl groups excluding tert-OH is 1. The molecule has 2 atom stereocenters. The lowest BCUT2D eigenvalue weighted by atomic mass is 10.0. The summed E-state index contributed by atoms with van der Waals surface area (Å²) in [6.07, 6.45) is 0. The Labute approximate surface area is 90.1 Å². The SMILES string of the molecule is C[C@H]1CN(C(=O)C(C)(C)O)[C@H](CO)CN1. The van der Waals surface area contributed by atoms with Crippen LogP contribution in [0.25, 0.3) is 0 Å². The number of piperazine rings is 1. The number of aliphatic hydroxyl groups is 2. The van der Waals surface area contributed by atoms with Crippen molar-refractivity contribution in [2.45, 2.75) is 38.5 Å². The molecule has 0 bridgehead atoms. The molecular weight excluding hydrogens is 196 g/mol. The van der Waals surface area contributed by atoms with Crippen LogP contribution in [-0.2, 0) is 4.79 Å². The van der Waals surface area contributed by atoms with E-state index in [1.54, 1.807) is 4.90 Å². The van der Waals surface area contributed by atoms with Gasteiger partial charge in [0.05, 0.1) is 12.6 Å². The van der Waals surface area contributed by atoms with Crippen molar-refractivity contribution in [3.8, 4) is 0 Å². The molecule has 1 amide bonds. The summed E-state index contributed by atoms with van der Waals surface area (Å²) in [5.74, 6) is -0.324. The average Bonchev–Trinajstić information content (AvgIpc) is 2.15. The maximum Gasteiger partial charge on any atom is 0.254 e. The van der Waals surface area contributed by atoms with Crippen LogP contribution in [0.5, 0.6) is 0 Å². The van der Waals surface area contributed by atoms with Crippen LogP contribution in [0.15, 0.2) is 0 Å². The Morgan fingerprint density at radius 3 is 2.67 bits per heavy atom. The summed E-state index contributed by atoms with van der Waals surface area (Å²) in [6, 6.07) is -0.0424. The molecule has 1 fully saturated rings. The van der Waals surface area contributed by atoms with E-state index >= 15 is 0 Å². The maximum absolute atomic E-state index is 11.9. The molecule has 0 unspecified atom stereocenters. The molecule has 1 rings (SSSR count). The lowest BCUT2D eigenvalue weighted by Gasteiger charge is -2.40. The van der Waals surface area contributed by atoms with E-state index in [9.17, 15) is 9.90 Å². The second kappa shape index (κ2) is 4.47. The lowest BCUT2D eigenvalue weighted by Crippen LogP contribution is -2.62. The van der Waals surface area contributed by atoms with Crippen molar-refractivity contribution < 1.29 is 15.0 Å². The van der Waals surface area contributed by atoms with Crippen LogP contribution >= 0.6 is 0 Å². The van der Waals surface area contributed by atoms with Crippen molar-refractivity contribution in [2.75, 3.05) is 19.7 Å². The molecule has 5 heteroatoms. The smallest absolute Gasteiger partial charge is 0.254 e. The minimum Gasteiger partial charge on any atom is -0.394 e. The Kier molecular flexibility index (Phi) is 3.70. The van der Waals surface area contributed by atoms with E-state index in [2.05, 4.69) is 5.32 Å². The molecule has 0 aromatic rings. The van der Waals surface area contributed by atoms with Gasteiger partial charge in [0.25, 0.3) is 5.91 Å². The zero-order valence-electron chi connectivity index (χ0n) is 9.53. The van der Waals surface area contributed by atoms with Gasteiger partial charge in [-0.15, -0.1) is 0 Å². The molecule has 15 heavy (non-hydrogen) atoms. The fourth-order valence-corrected chi connectivity index (χ4v) is 1.72. The van der Waals surface area contributed by atoms with Crippen LogP contribution in [0.4, 0.5) is 0 Å². The van der Waals surface area contributed by atoms with Gasteiger partial charge in [0.2, 0.25) is 0 Å². The zero-order chi connectivity index (χ0) is 11.6. The van der Waals surface area contributed by atoms with Gasteiger partial charge < -0.3 is 20.4 Å². The van der Waals surface area contributed by atoms with Crippen molar-refractivity contribution in [1.29, 1.82) is 0 Å². The Bertz CT molecular complexity index is 237. The standard InChI is InChI=1S/C10H20N2O3/c1-7-5-12(8(6-13)4-11-7)9(14)10(2,3)15/h7-8,11,13,15H,4-6H2,1-3H3/t7-,8-/m0/s1. The number of carbonyl (C=O) groups excluding carboxylic acids is 1. The highest BCUT2D eigenvalue weighted by Gasteiger charge is 2.36. The minimum atomic E-state index is -1.37. The van der Waals surface area contributed by atoms with E-state index < -0.39 is 5.60 Å². The first-order chi connectivity index (χ1) is 6.86. The monoisotopic (exact) mass is 216 g/mol. The number of hydrogen-bond donors (Lipinski definition) is 3. The van der Waals surface area contributed by atoms with Gasteiger partial charge in [0.1, 0.15) is 5.60 Å². The van der Waals surface area contributed by atoms with Gasteiger partial charge >= 0.3 is 0 Å². The van der Waals surface area contributed by atoms with Crippen LogP contribution in [0.3, 0.4) is 0 Å². The summed E-state index contributed by atoms with van der Waals surface area (Å²) in [6.45, 7) is 5.92. The Hall–Kier alpha value is -0.650. The highest BCUT2D eigenvalue weighted by molar-refractivity contribution is 5.84. The number of amides is 1. The molecule has 0 radical (unpaired) electrons. The maximum atomic E-state index is 11.9. The van der Waals surface area contributed by atoms with Gasteiger partial charge in [-0.1, -0.05) is 0 Å². The third kappa shape index (κ3) is 2.90. The highest BCUT2D eigenvalue weighted by atomic mass is 16.3. The Morgan fingerprint density at radius 1 is 1.60 bits per heavy atom. The topological polar surface area (TPSA) is 72.8 Å². The number of carbonyl (C=O) groups is 1. The molecule has 0 spiro atoms. The molecule has 5 nitrogen and oxygen atoms in total. The molecular formula is C10H20N2O3. The summed E-state index contributed by atoms with van der Waals surface area (Å²) < 4.78 is 0. The molecule has 1 heterocycles. The summed E-state index contributed by atoms with van der Waals surface area (Å²) in [5, 5.41) is 22.0. The van der Waals surface area contributed by atoms with Gasteiger partial charge in [-0.25, -0.2) is 0 Å². The minimum absolute atomic E-state index is 0.0818. The van der Waals surface area contributed by atoms with Crippen LogP contribution in [0.2, 0.25) is 0 Å². The molecule has 88 valence electrons. The van der Waals surface area contributed by atoms with Gasteiger partial charge in [0, 0.05) is 19.1 Å². The van der Waals surface area contributed by atoms with E-state index in [4.69, 9.17) is 5.11 Å². The predicted octanol–water partition coefficient (Wildman–Crippen LogP) is -1.06. The van der Waals surface area contributed by atoms with E-state index in [1.807, 2.05) is 6.92 Å². The second-order valence-corrected chi connectivity index (χ2v) is 4.66. The van der Waals surface area contributed by atoms with E-state index in [-0.39, 0.29) is 24.6 Å². The molecule has 0 saturated carbocycles. The Morgan fingerprint density at radius 2 is 2.20 bits per heavy atom. The third-order valence-electron chi connectivity index (χ3n) is 2.61. The Balaban J connectivity index is 2.75. The largest absolute Gasteiger partial charge is 0.394 e. The second-order valence-electron chi connectivity index (χ2n) is 4.66. The first-order valence-corrected chi connectivity index (χ1v) is 5.24. The van der Waals surface area contributed by atoms with Crippen LogP contribution in [0.1, 0.15) is 20.8 Å². The molecule has 1 saturated heterocycles. The first kappa shape index (κ1) is 12.4. The predicted molar refractivity (Wildman–Crippen MR) is 56.3 cm³/mol. The number of nitrogens with zero attached hydrogens (tertiary/aromatic N) is 1. The van der Waals surface area contributed by atoms with Gasteiger partial charge in [-0.05, 0) is 20.8 Å². The molecule has 1 aliphatic heterocycles.